The Morgan fingerprint density at radius 3 is 2.57 bits per heavy atom. The van der Waals surface area contributed by atoms with Crippen molar-refractivity contribution >= 4 is 21.6 Å². The Bertz CT molecular complexity index is 977. The molecule has 0 spiro atoms. The van der Waals surface area contributed by atoms with E-state index in [2.05, 4.69) is 10.6 Å². The van der Waals surface area contributed by atoms with E-state index in [1.165, 1.54) is 36.4 Å². The fraction of sp³-hybridized carbons (Fsp3) is 0.278. The minimum Gasteiger partial charge on any atom is -0.381 e. The number of piperazine rings is 1. The van der Waals surface area contributed by atoms with E-state index in [1.807, 2.05) is 0 Å². The number of halogens is 3. The summed E-state index contributed by atoms with van der Waals surface area (Å²) >= 11 is 0. The standard InChI is InChI=1S/C18H18F3N3O3S/c19-18(20,21)16-7-2-1-4-13(16)11-23-14-5-3-6-15(10-14)28(26,27)24-9-8-22-17(25)12-24/h1-7,10,23H,8-9,11-12H2,(H,22,25). The van der Waals surface area contributed by atoms with Crippen LogP contribution in [0.5, 0.6) is 0 Å². The molecule has 10 heteroatoms. The third-order valence-corrected chi connectivity index (χ3v) is 6.12. The Morgan fingerprint density at radius 2 is 1.86 bits per heavy atom. The highest BCUT2D eigenvalue weighted by atomic mass is 32.2. The van der Waals surface area contributed by atoms with E-state index in [9.17, 15) is 26.4 Å². The van der Waals surface area contributed by atoms with Crippen LogP contribution < -0.4 is 10.6 Å². The summed E-state index contributed by atoms with van der Waals surface area (Å²) in [6.45, 7) is -0.000823. The molecule has 1 aliphatic heterocycles. The Hall–Kier alpha value is -2.59. The van der Waals surface area contributed by atoms with Crippen molar-refractivity contribution in [2.45, 2.75) is 17.6 Å². The van der Waals surface area contributed by atoms with E-state index in [0.29, 0.717) is 5.69 Å². The van der Waals surface area contributed by atoms with Crippen LogP contribution in [0.4, 0.5) is 18.9 Å². The van der Waals surface area contributed by atoms with Crippen molar-refractivity contribution in [1.82, 2.24) is 9.62 Å². The molecule has 0 unspecified atom stereocenters. The average Bonchev–Trinajstić information content (AvgIpc) is 2.66. The van der Waals surface area contributed by atoms with Crippen LogP contribution in [0.1, 0.15) is 11.1 Å². The van der Waals surface area contributed by atoms with Crippen molar-refractivity contribution in [3.8, 4) is 0 Å². The van der Waals surface area contributed by atoms with E-state index >= 15 is 0 Å². The SMILES string of the molecule is O=C1CN(S(=O)(=O)c2cccc(NCc3ccccc3C(F)(F)F)c2)CCN1. The number of anilines is 1. The second-order valence-electron chi connectivity index (χ2n) is 6.22. The first-order valence-corrected chi connectivity index (χ1v) is 9.88. The van der Waals surface area contributed by atoms with Crippen LogP contribution in [0.3, 0.4) is 0 Å². The van der Waals surface area contributed by atoms with Crippen molar-refractivity contribution in [1.29, 1.82) is 0 Å². The minimum atomic E-state index is -4.47. The number of amides is 1. The third kappa shape index (κ3) is 4.45. The van der Waals surface area contributed by atoms with E-state index in [4.69, 9.17) is 0 Å². The number of hydrogen-bond donors (Lipinski definition) is 2. The number of rotatable bonds is 5. The van der Waals surface area contributed by atoms with Gasteiger partial charge >= 0.3 is 6.18 Å². The van der Waals surface area contributed by atoms with Crippen LogP contribution in [0.25, 0.3) is 0 Å². The van der Waals surface area contributed by atoms with Gasteiger partial charge < -0.3 is 10.6 Å². The summed E-state index contributed by atoms with van der Waals surface area (Å²) in [5, 5.41) is 5.39. The Kier molecular flexibility index (Phi) is 5.61. The molecule has 0 bridgehead atoms. The first kappa shape index (κ1) is 20.2. The number of hydrogen-bond acceptors (Lipinski definition) is 4. The van der Waals surface area contributed by atoms with Gasteiger partial charge in [-0.2, -0.15) is 17.5 Å². The van der Waals surface area contributed by atoms with Crippen molar-refractivity contribution < 1.29 is 26.4 Å². The summed E-state index contributed by atoms with van der Waals surface area (Å²) in [6, 6.07) is 11.0. The molecule has 0 saturated carbocycles. The van der Waals surface area contributed by atoms with Gasteiger partial charge in [-0.25, -0.2) is 8.42 Å². The fourth-order valence-electron chi connectivity index (χ4n) is 2.88. The predicted octanol–water partition coefficient (Wildman–Crippen LogP) is 2.44. The van der Waals surface area contributed by atoms with Gasteiger partial charge in [-0.1, -0.05) is 24.3 Å². The van der Waals surface area contributed by atoms with Crippen LogP contribution in [-0.2, 0) is 27.5 Å². The van der Waals surface area contributed by atoms with Crippen LogP contribution >= 0.6 is 0 Å². The molecule has 150 valence electrons. The second kappa shape index (κ2) is 7.80. The first-order chi connectivity index (χ1) is 13.2. The third-order valence-electron chi connectivity index (χ3n) is 4.28. The van der Waals surface area contributed by atoms with Gasteiger partial charge in [-0.15, -0.1) is 0 Å². The highest BCUT2D eigenvalue weighted by Crippen LogP contribution is 2.32. The average molecular weight is 413 g/mol. The van der Waals surface area contributed by atoms with E-state index in [1.54, 1.807) is 6.07 Å². The minimum absolute atomic E-state index is 0.0312. The molecular formula is C18H18F3N3O3S. The number of sulfonamides is 1. The Morgan fingerprint density at radius 1 is 1.11 bits per heavy atom. The molecule has 2 aromatic rings. The molecule has 1 heterocycles. The summed E-state index contributed by atoms with van der Waals surface area (Å²) < 4.78 is 65.8. The van der Waals surface area contributed by atoms with Gasteiger partial charge in [0, 0.05) is 25.3 Å². The molecule has 0 radical (unpaired) electrons. The summed E-state index contributed by atoms with van der Waals surface area (Å²) in [4.78, 5) is 11.4. The molecule has 1 fully saturated rings. The van der Waals surface area contributed by atoms with Gasteiger partial charge in [0.1, 0.15) is 0 Å². The molecule has 28 heavy (non-hydrogen) atoms. The maximum absolute atomic E-state index is 13.1. The normalized spacial score (nSPS) is 15.9. The van der Waals surface area contributed by atoms with Crippen LogP contribution in [0, 0.1) is 0 Å². The Balaban J connectivity index is 1.79. The summed E-state index contributed by atoms with van der Waals surface area (Å²) in [7, 11) is -3.88. The molecule has 1 aliphatic rings. The van der Waals surface area contributed by atoms with Gasteiger partial charge in [0.2, 0.25) is 15.9 Å². The van der Waals surface area contributed by atoms with Crippen LogP contribution in [-0.4, -0.2) is 38.3 Å². The number of benzene rings is 2. The van der Waals surface area contributed by atoms with Gasteiger partial charge in [0.05, 0.1) is 17.0 Å². The number of carbonyl (C=O) groups is 1. The molecule has 6 nitrogen and oxygen atoms in total. The Labute approximate surface area is 160 Å². The molecule has 0 aromatic heterocycles. The van der Waals surface area contributed by atoms with E-state index < -0.39 is 21.8 Å². The number of alkyl halides is 3. The lowest BCUT2D eigenvalue weighted by molar-refractivity contribution is -0.138. The molecule has 1 amide bonds. The second-order valence-corrected chi connectivity index (χ2v) is 8.16. The monoisotopic (exact) mass is 413 g/mol. The van der Waals surface area contributed by atoms with Gasteiger partial charge in [0.15, 0.2) is 0 Å². The molecular weight excluding hydrogens is 395 g/mol. The van der Waals surface area contributed by atoms with Crippen molar-refractivity contribution in [3.63, 3.8) is 0 Å². The molecule has 2 aromatic carbocycles. The lowest BCUT2D eigenvalue weighted by Crippen LogP contribution is -2.49. The molecule has 0 atom stereocenters. The van der Waals surface area contributed by atoms with E-state index in [0.717, 1.165) is 10.4 Å². The maximum atomic E-state index is 13.1. The van der Waals surface area contributed by atoms with Gasteiger partial charge in [-0.05, 0) is 29.8 Å². The molecule has 1 saturated heterocycles. The maximum Gasteiger partial charge on any atom is 0.416 e. The van der Waals surface area contributed by atoms with Gasteiger partial charge in [0.25, 0.3) is 0 Å². The molecule has 2 N–H and O–H groups in total. The predicted molar refractivity (Wildman–Crippen MR) is 97.0 cm³/mol. The number of carbonyl (C=O) groups excluding carboxylic acids is 1. The zero-order chi connectivity index (χ0) is 20.4. The summed E-state index contributed by atoms with van der Waals surface area (Å²) in [5.74, 6) is -0.382. The number of nitrogens with one attached hydrogen (secondary N) is 2. The molecule has 3 rings (SSSR count). The summed E-state index contributed by atoms with van der Waals surface area (Å²) in [6.07, 6.45) is -4.47. The smallest absolute Gasteiger partial charge is 0.381 e. The summed E-state index contributed by atoms with van der Waals surface area (Å²) in [5.41, 5.74) is -0.332. The lowest BCUT2D eigenvalue weighted by atomic mass is 10.1. The zero-order valence-corrected chi connectivity index (χ0v) is 15.5. The van der Waals surface area contributed by atoms with Crippen LogP contribution in [0.15, 0.2) is 53.4 Å². The topological polar surface area (TPSA) is 78.5 Å². The van der Waals surface area contributed by atoms with Crippen LogP contribution in [0.2, 0.25) is 0 Å². The fourth-order valence-corrected chi connectivity index (χ4v) is 4.33. The molecule has 0 aliphatic carbocycles. The van der Waals surface area contributed by atoms with Crippen molar-refractivity contribution in [3.05, 3.63) is 59.7 Å². The van der Waals surface area contributed by atoms with E-state index in [-0.39, 0.29) is 42.5 Å². The van der Waals surface area contributed by atoms with Crippen molar-refractivity contribution in [2.24, 2.45) is 0 Å². The first-order valence-electron chi connectivity index (χ1n) is 8.44. The highest BCUT2D eigenvalue weighted by molar-refractivity contribution is 7.89. The lowest BCUT2D eigenvalue weighted by Gasteiger charge is -2.26. The zero-order valence-electron chi connectivity index (χ0n) is 14.7. The largest absolute Gasteiger partial charge is 0.416 e. The number of nitrogens with zero attached hydrogens (tertiary/aromatic N) is 1. The quantitative estimate of drug-likeness (QED) is 0.789. The van der Waals surface area contributed by atoms with Gasteiger partial charge in [-0.3, -0.25) is 4.79 Å². The van der Waals surface area contributed by atoms with Crippen molar-refractivity contribution in [2.75, 3.05) is 25.0 Å². The highest BCUT2D eigenvalue weighted by Gasteiger charge is 2.33.